The second-order valence-corrected chi connectivity index (χ2v) is 9.34. The van der Waals surface area contributed by atoms with Gasteiger partial charge in [0.25, 0.3) is 0 Å². The van der Waals surface area contributed by atoms with Crippen molar-refractivity contribution in [1.29, 1.82) is 0 Å². The number of Topliss-reactive ketones (excluding diaryl/α,β-unsaturated/α-hetero) is 1. The summed E-state index contributed by atoms with van der Waals surface area (Å²) in [6.07, 6.45) is 0. The number of benzene rings is 1. The van der Waals surface area contributed by atoms with Crippen molar-refractivity contribution >= 4 is 33.1 Å². The van der Waals surface area contributed by atoms with E-state index >= 15 is 0 Å². The maximum atomic E-state index is 12.6. The van der Waals surface area contributed by atoms with Crippen molar-refractivity contribution in [3.05, 3.63) is 51.2 Å². The Labute approximate surface area is 163 Å². The first-order valence-corrected chi connectivity index (χ1v) is 10.8. The number of esters is 1. The number of carbonyl (C=O) groups is 2. The Morgan fingerprint density at radius 1 is 1.11 bits per heavy atom. The van der Waals surface area contributed by atoms with E-state index in [1.807, 2.05) is 13.8 Å². The highest BCUT2D eigenvalue weighted by Crippen LogP contribution is 2.21. The number of aryl methyl sites for hydroxylation is 2. The van der Waals surface area contributed by atoms with Gasteiger partial charge in [0.2, 0.25) is 15.8 Å². The predicted octanol–water partition coefficient (Wildman–Crippen LogP) is 3.44. The summed E-state index contributed by atoms with van der Waals surface area (Å²) in [5, 5.41) is 0. The van der Waals surface area contributed by atoms with Gasteiger partial charge in [0, 0.05) is 28.4 Å². The summed E-state index contributed by atoms with van der Waals surface area (Å²) < 4.78 is 31.6. The molecule has 0 saturated heterocycles. The van der Waals surface area contributed by atoms with Crippen molar-refractivity contribution < 1.29 is 22.7 Å². The standard InChI is InChI=1S/C19H23NO5S2/c1-5-20(6-2)27(23,24)16-9-7-8-15(11-16)19(22)25-12-18(21)17-10-13(3)26-14(17)4/h7-11H,5-6,12H2,1-4H3. The molecule has 0 aliphatic heterocycles. The van der Waals surface area contributed by atoms with Crippen LogP contribution in [0, 0.1) is 13.8 Å². The maximum Gasteiger partial charge on any atom is 0.338 e. The monoisotopic (exact) mass is 409 g/mol. The highest BCUT2D eigenvalue weighted by Gasteiger charge is 2.23. The van der Waals surface area contributed by atoms with Crippen LogP contribution in [0.25, 0.3) is 0 Å². The number of thiophene rings is 1. The number of ether oxygens (including phenoxy) is 1. The third kappa shape index (κ3) is 4.82. The van der Waals surface area contributed by atoms with Crippen molar-refractivity contribution in [2.24, 2.45) is 0 Å². The summed E-state index contributed by atoms with van der Waals surface area (Å²) in [4.78, 5) is 26.4. The molecular weight excluding hydrogens is 386 g/mol. The Kier molecular flexibility index (Phi) is 6.91. The van der Waals surface area contributed by atoms with Crippen molar-refractivity contribution in [2.45, 2.75) is 32.6 Å². The summed E-state index contributed by atoms with van der Waals surface area (Å²) in [6, 6.07) is 7.44. The molecule has 1 heterocycles. The van der Waals surface area contributed by atoms with Crippen LogP contribution in [0.3, 0.4) is 0 Å². The zero-order valence-electron chi connectivity index (χ0n) is 15.8. The summed E-state index contributed by atoms with van der Waals surface area (Å²) in [5.74, 6) is -1.01. The Bertz CT molecular complexity index is 943. The van der Waals surface area contributed by atoms with Crippen LogP contribution in [0.2, 0.25) is 0 Å². The van der Waals surface area contributed by atoms with Gasteiger partial charge in [0.15, 0.2) is 6.61 Å². The van der Waals surface area contributed by atoms with E-state index in [1.165, 1.54) is 39.9 Å². The van der Waals surface area contributed by atoms with E-state index in [0.717, 1.165) is 9.75 Å². The van der Waals surface area contributed by atoms with Crippen LogP contribution in [0.1, 0.15) is 44.3 Å². The second kappa shape index (κ2) is 8.77. The van der Waals surface area contributed by atoms with Crippen LogP contribution in [0.15, 0.2) is 35.2 Å². The average molecular weight is 410 g/mol. The first kappa shape index (κ1) is 21.3. The number of rotatable bonds is 8. The lowest BCUT2D eigenvalue weighted by Crippen LogP contribution is -2.30. The Hall–Kier alpha value is -2.03. The number of hydrogen-bond acceptors (Lipinski definition) is 6. The van der Waals surface area contributed by atoms with Crippen molar-refractivity contribution in [1.82, 2.24) is 4.31 Å². The molecule has 0 N–H and O–H groups in total. The van der Waals surface area contributed by atoms with Crippen molar-refractivity contribution in [3.8, 4) is 0 Å². The van der Waals surface area contributed by atoms with Gasteiger partial charge < -0.3 is 4.74 Å². The average Bonchev–Trinajstić information content (AvgIpc) is 2.98. The molecule has 0 radical (unpaired) electrons. The van der Waals surface area contributed by atoms with E-state index in [9.17, 15) is 18.0 Å². The molecule has 2 rings (SSSR count). The lowest BCUT2D eigenvalue weighted by atomic mass is 10.2. The lowest BCUT2D eigenvalue weighted by molar-refractivity contribution is 0.0474. The van der Waals surface area contributed by atoms with Gasteiger partial charge in [0.1, 0.15) is 0 Å². The largest absolute Gasteiger partial charge is 0.454 e. The summed E-state index contributed by atoms with van der Waals surface area (Å²) in [7, 11) is -3.67. The third-order valence-corrected chi connectivity index (χ3v) is 7.10. The number of carbonyl (C=O) groups excluding carboxylic acids is 2. The van der Waals surface area contributed by atoms with E-state index in [1.54, 1.807) is 19.9 Å². The van der Waals surface area contributed by atoms with Gasteiger partial charge in [-0.3, -0.25) is 4.79 Å². The first-order chi connectivity index (χ1) is 12.7. The fourth-order valence-corrected chi connectivity index (χ4v) is 5.14. The van der Waals surface area contributed by atoms with Crippen LogP contribution < -0.4 is 0 Å². The molecule has 8 heteroatoms. The quantitative estimate of drug-likeness (QED) is 0.493. The molecular formula is C19H23NO5S2. The van der Waals surface area contributed by atoms with E-state index in [4.69, 9.17) is 4.74 Å². The third-order valence-electron chi connectivity index (χ3n) is 4.09. The molecule has 0 amide bonds. The van der Waals surface area contributed by atoms with Crippen LogP contribution in [-0.4, -0.2) is 44.2 Å². The van der Waals surface area contributed by atoms with Gasteiger partial charge in [-0.05, 0) is 38.1 Å². The predicted molar refractivity (Wildman–Crippen MR) is 105 cm³/mol. The van der Waals surface area contributed by atoms with Crippen LogP contribution in [-0.2, 0) is 14.8 Å². The molecule has 0 aliphatic carbocycles. The Morgan fingerprint density at radius 2 is 1.78 bits per heavy atom. The van der Waals surface area contributed by atoms with E-state index in [0.29, 0.717) is 18.7 Å². The van der Waals surface area contributed by atoms with Crippen LogP contribution >= 0.6 is 11.3 Å². The smallest absolute Gasteiger partial charge is 0.338 e. The molecule has 0 saturated carbocycles. The van der Waals surface area contributed by atoms with Crippen molar-refractivity contribution in [3.63, 3.8) is 0 Å². The first-order valence-electron chi connectivity index (χ1n) is 8.58. The highest BCUT2D eigenvalue weighted by atomic mass is 32.2. The Balaban J connectivity index is 2.13. The van der Waals surface area contributed by atoms with E-state index in [2.05, 4.69) is 0 Å². The molecule has 1 aromatic heterocycles. The zero-order valence-corrected chi connectivity index (χ0v) is 17.4. The molecule has 27 heavy (non-hydrogen) atoms. The topological polar surface area (TPSA) is 80.8 Å². The summed E-state index contributed by atoms with van der Waals surface area (Å²) >= 11 is 1.51. The van der Waals surface area contributed by atoms with Crippen molar-refractivity contribution in [2.75, 3.05) is 19.7 Å². The van der Waals surface area contributed by atoms with Crippen LogP contribution in [0.5, 0.6) is 0 Å². The van der Waals surface area contributed by atoms with Gasteiger partial charge in [0.05, 0.1) is 10.5 Å². The van der Waals surface area contributed by atoms with E-state index < -0.39 is 16.0 Å². The minimum atomic E-state index is -3.67. The lowest BCUT2D eigenvalue weighted by Gasteiger charge is -2.18. The number of ketones is 1. The van der Waals surface area contributed by atoms with Gasteiger partial charge in [-0.2, -0.15) is 4.31 Å². The molecule has 0 aliphatic rings. The Morgan fingerprint density at radius 3 is 2.33 bits per heavy atom. The zero-order chi connectivity index (χ0) is 20.2. The SMILES string of the molecule is CCN(CC)S(=O)(=O)c1cccc(C(=O)OCC(=O)c2cc(C)sc2C)c1. The maximum absolute atomic E-state index is 12.6. The molecule has 0 bridgehead atoms. The second-order valence-electron chi connectivity index (χ2n) is 5.94. The van der Waals surface area contributed by atoms with Gasteiger partial charge in [-0.1, -0.05) is 19.9 Å². The molecule has 0 spiro atoms. The summed E-state index contributed by atoms with van der Waals surface area (Å²) in [6.45, 7) is 7.53. The molecule has 1 aromatic carbocycles. The number of sulfonamides is 1. The fraction of sp³-hybridized carbons (Fsp3) is 0.368. The minimum absolute atomic E-state index is 0.0243. The normalized spacial score (nSPS) is 11.6. The van der Waals surface area contributed by atoms with Gasteiger partial charge >= 0.3 is 5.97 Å². The minimum Gasteiger partial charge on any atom is -0.454 e. The number of nitrogens with zero attached hydrogens (tertiary/aromatic N) is 1. The number of hydrogen-bond donors (Lipinski definition) is 0. The molecule has 0 atom stereocenters. The van der Waals surface area contributed by atoms with Gasteiger partial charge in [-0.15, -0.1) is 11.3 Å². The summed E-state index contributed by atoms with van der Waals surface area (Å²) in [5.41, 5.74) is 0.636. The molecule has 0 fully saturated rings. The molecule has 6 nitrogen and oxygen atoms in total. The van der Waals surface area contributed by atoms with Gasteiger partial charge in [-0.25, -0.2) is 13.2 Å². The molecule has 2 aromatic rings. The van der Waals surface area contributed by atoms with E-state index in [-0.39, 0.29) is 22.8 Å². The molecule has 146 valence electrons. The molecule has 0 unspecified atom stereocenters. The highest BCUT2D eigenvalue weighted by molar-refractivity contribution is 7.89. The van der Waals surface area contributed by atoms with Crippen LogP contribution in [0.4, 0.5) is 0 Å². The fourth-order valence-electron chi connectivity index (χ4n) is 2.70.